The topological polar surface area (TPSA) is 131 Å². The third-order valence-electron chi connectivity index (χ3n) is 4.48. The van der Waals surface area contributed by atoms with Gasteiger partial charge in [-0.1, -0.05) is 0 Å². The normalized spacial score (nSPS) is 19.5. The molecule has 29 heavy (non-hydrogen) atoms. The van der Waals surface area contributed by atoms with E-state index in [2.05, 4.69) is 0 Å². The van der Waals surface area contributed by atoms with Crippen LogP contribution in [0.25, 0.3) is 0 Å². The highest BCUT2D eigenvalue weighted by Crippen LogP contribution is 2.37. The van der Waals surface area contributed by atoms with Gasteiger partial charge >= 0.3 is 6.09 Å². The number of phenolic OH excluding ortho intramolecular Hbond substituents is 1. The van der Waals surface area contributed by atoms with Crippen molar-refractivity contribution in [1.29, 1.82) is 0 Å². The third kappa shape index (κ3) is 3.41. The maximum atomic E-state index is 12.9. The Hall–Kier alpha value is -3.43. The summed E-state index contributed by atoms with van der Waals surface area (Å²) in [7, 11) is 1.33. The summed E-state index contributed by atoms with van der Waals surface area (Å²) < 4.78 is 10.1. The number of ether oxygens (including phenoxy) is 2. The molecule has 0 aliphatic carbocycles. The van der Waals surface area contributed by atoms with Crippen molar-refractivity contribution in [3.8, 4) is 11.5 Å². The summed E-state index contributed by atoms with van der Waals surface area (Å²) in [6, 6.07) is 1.07. The maximum absolute atomic E-state index is 12.9. The van der Waals surface area contributed by atoms with Gasteiger partial charge in [-0.05, 0) is 33.3 Å². The number of nitrogens with zero attached hydrogens (tertiary/aromatic N) is 2. The lowest BCUT2D eigenvalue weighted by molar-refractivity contribution is -0.149. The van der Waals surface area contributed by atoms with Gasteiger partial charge in [0.1, 0.15) is 23.1 Å². The van der Waals surface area contributed by atoms with Crippen LogP contribution in [0.5, 0.6) is 11.5 Å². The number of benzene rings is 1. The van der Waals surface area contributed by atoms with Gasteiger partial charge in [-0.2, -0.15) is 4.90 Å². The zero-order valence-electron chi connectivity index (χ0n) is 16.3. The Balaban J connectivity index is 1.94. The van der Waals surface area contributed by atoms with Crippen LogP contribution >= 0.6 is 0 Å². The number of rotatable bonds is 2. The first-order chi connectivity index (χ1) is 13.5. The maximum Gasteiger partial charge on any atom is 0.424 e. The van der Waals surface area contributed by atoms with Crippen LogP contribution in [0.2, 0.25) is 0 Å². The van der Waals surface area contributed by atoms with E-state index in [1.165, 1.54) is 19.2 Å². The van der Waals surface area contributed by atoms with Gasteiger partial charge in [0.05, 0.1) is 18.2 Å². The fourth-order valence-electron chi connectivity index (χ4n) is 3.24. The highest BCUT2D eigenvalue weighted by atomic mass is 16.6. The smallest absolute Gasteiger partial charge is 0.424 e. The molecule has 3 rings (SSSR count). The molecule has 5 amide bonds. The van der Waals surface area contributed by atoms with Gasteiger partial charge in [0.25, 0.3) is 17.7 Å². The number of carbonyl (C=O) groups excluding carboxylic acids is 5. The quantitative estimate of drug-likeness (QED) is 0.733. The molecule has 154 valence electrons. The number of phenols is 1. The van der Waals surface area contributed by atoms with Crippen LogP contribution in [-0.2, 0) is 14.3 Å². The minimum atomic E-state index is -1.38. The van der Waals surface area contributed by atoms with Crippen LogP contribution in [-0.4, -0.2) is 63.4 Å². The molecule has 1 N–H and O–H groups in total. The van der Waals surface area contributed by atoms with Gasteiger partial charge in [-0.25, -0.2) is 4.79 Å². The number of hydrogen-bond acceptors (Lipinski definition) is 8. The summed E-state index contributed by atoms with van der Waals surface area (Å²) in [5.41, 5.74) is -1.34. The molecular formula is C19H20N2O8. The predicted octanol–water partition coefficient (Wildman–Crippen LogP) is 1.45. The first-order valence-corrected chi connectivity index (χ1v) is 8.85. The molecule has 10 nitrogen and oxygen atoms in total. The monoisotopic (exact) mass is 404 g/mol. The Bertz CT molecular complexity index is 946. The minimum absolute atomic E-state index is 0.125. The average molecular weight is 404 g/mol. The van der Waals surface area contributed by atoms with E-state index in [-0.39, 0.29) is 29.7 Å². The van der Waals surface area contributed by atoms with Crippen molar-refractivity contribution in [3.63, 3.8) is 0 Å². The number of aromatic hydroxyl groups is 1. The standard InChI is InChI=1S/C19H20N2O8/c1-19(2,3)29-18(27)21-13(23)6-5-11(16(21)25)20-15(24)10-7-9(28-4)8-12(22)14(10)17(20)26/h7-8,11,22H,5-6H2,1-4H3. The first-order valence-electron chi connectivity index (χ1n) is 8.85. The zero-order chi connectivity index (χ0) is 21.7. The van der Waals surface area contributed by atoms with Crippen molar-refractivity contribution in [2.24, 2.45) is 0 Å². The molecule has 2 aliphatic rings. The molecular weight excluding hydrogens is 384 g/mol. The van der Waals surface area contributed by atoms with Crippen molar-refractivity contribution < 1.29 is 38.6 Å². The molecule has 0 spiro atoms. The highest BCUT2D eigenvalue weighted by Gasteiger charge is 2.50. The number of methoxy groups -OCH3 is 1. The zero-order valence-corrected chi connectivity index (χ0v) is 16.3. The molecule has 1 aromatic rings. The molecule has 2 heterocycles. The molecule has 0 saturated carbocycles. The summed E-state index contributed by atoms with van der Waals surface area (Å²) in [4.78, 5) is 64.0. The second-order valence-electron chi connectivity index (χ2n) is 7.65. The second kappa shape index (κ2) is 6.87. The van der Waals surface area contributed by atoms with Crippen LogP contribution in [0.1, 0.15) is 54.3 Å². The van der Waals surface area contributed by atoms with E-state index < -0.39 is 47.1 Å². The van der Waals surface area contributed by atoms with Crippen molar-refractivity contribution in [3.05, 3.63) is 23.3 Å². The molecule has 1 fully saturated rings. The predicted molar refractivity (Wildman–Crippen MR) is 96.3 cm³/mol. The molecule has 10 heteroatoms. The van der Waals surface area contributed by atoms with E-state index in [9.17, 15) is 29.1 Å². The number of amides is 5. The van der Waals surface area contributed by atoms with Crippen LogP contribution in [0.15, 0.2) is 12.1 Å². The fourth-order valence-corrected chi connectivity index (χ4v) is 3.24. The number of hydrogen-bond donors (Lipinski definition) is 1. The van der Waals surface area contributed by atoms with E-state index >= 15 is 0 Å². The third-order valence-corrected chi connectivity index (χ3v) is 4.48. The van der Waals surface area contributed by atoms with Crippen molar-refractivity contribution in [2.75, 3.05) is 7.11 Å². The SMILES string of the molecule is COc1cc(O)c2c(c1)C(=O)N(C1CCC(=O)N(C(=O)OC(C)(C)C)C1=O)C2=O. The molecule has 2 aliphatic heterocycles. The van der Waals surface area contributed by atoms with Crippen LogP contribution in [0.4, 0.5) is 4.79 Å². The van der Waals surface area contributed by atoms with Crippen molar-refractivity contribution in [1.82, 2.24) is 9.80 Å². The van der Waals surface area contributed by atoms with Crippen LogP contribution < -0.4 is 4.74 Å². The molecule has 0 radical (unpaired) electrons. The van der Waals surface area contributed by atoms with E-state index in [0.29, 0.717) is 9.80 Å². The number of piperidine rings is 1. The number of likely N-dealkylation sites (tertiary alicyclic amines) is 1. The van der Waals surface area contributed by atoms with Crippen LogP contribution in [0.3, 0.4) is 0 Å². The Labute approximate surface area is 166 Å². The average Bonchev–Trinajstić information content (AvgIpc) is 2.85. The summed E-state index contributed by atoms with van der Waals surface area (Å²) in [6.07, 6.45) is -1.54. The Morgan fingerprint density at radius 3 is 2.38 bits per heavy atom. The molecule has 1 aromatic carbocycles. The lowest BCUT2D eigenvalue weighted by Gasteiger charge is -2.34. The molecule has 1 saturated heterocycles. The van der Waals surface area contributed by atoms with Gasteiger partial charge in [-0.3, -0.25) is 24.1 Å². The number of imide groups is 4. The Morgan fingerprint density at radius 1 is 1.14 bits per heavy atom. The van der Waals surface area contributed by atoms with Crippen LogP contribution in [0, 0.1) is 0 Å². The first kappa shape index (κ1) is 20.3. The van der Waals surface area contributed by atoms with Gasteiger partial charge in [-0.15, -0.1) is 0 Å². The van der Waals surface area contributed by atoms with Crippen molar-refractivity contribution in [2.45, 2.75) is 45.3 Å². The van der Waals surface area contributed by atoms with Crippen molar-refractivity contribution >= 4 is 29.7 Å². The van der Waals surface area contributed by atoms with Gasteiger partial charge in [0, 0.05) is 12.5 Å². The summed E-state index contributed by atoms with van der Waals surface area (Å²) >= 11 is 0. The lowest BCUT2D eigenvalue weighted by Crippen LogP contribution is -2.58. The fraction of sp³-hybridized carbons (Fsp3) is 0.421. The molecule has 1 unspecified atom stereocenters. The van der Waals surface area contributed by atoms with E-state index in [0.717, 1.165) is 0 Å². The second-order valence-corrected chi connectivity index (χ2v) is 7.65. The molecule has 0 bridgehead atoms. The largest absolute Gasteiger partial charge is 0.507 e. The summed E-state index contributed by atoms with van der Waals surface area (Å²) in [5, 5.41) is 10.1. The number of carbonyl (C=O) groups is 5. The highest BCUT2D eigenvalue weighted by molar-refractivity contribution is 6.25. The molecule has 1 atom stereocenters. The molecule has 0 aromatic heterocycles. The Morgan fingerprint density at radius 2 is 1.79 bits per heavy atom. The van der Waals surface area contributed by atoms with E-state index in [1.807, 2.05) is 0 Å². The summed E-state index contributed by atoms with van der Waals surface area (Å²) in [5.74, 6) is -3.83. The van der Waals surface area contributed by atoms with Gasteiger partial charge in [0.15, 0.2) is 0 Å². The van der Waals surface area contributed by atoms with E-state index in [1.54, 1.807) is 20.8 Å². The Kier molecular flexibility index (Phi) is 4.81. The number of fused-ring (bicyclic) bond motifs is 1. The van der Waals surface area contributed by atoms with E-state index in [4.69, 9.17) is 9.47 Å². The van der Waals surface area contributed by atoms with Gasteiger partial charge < -0.3 is 14.6 Å². The minimum Gasteiger partial charge on any atom is -0.507 e. The van der Waals surface area contributed by atoms with Gasteiger partial charge in [0.2, 0.25) is 5.91 Å². The summed E-state index contributed by atoms with van der Waals surface area (Å²) in [6.45, 7) is 4.71. The lowest BCUT2D eigenvalue weighted by atomic mass is 10.0.